The van der Waals surface area contributed by atoms with E-state index in [0.29, 0.717) is 12.6 Å². The van der Waals surface area contributed by atoms with Crippen LogP contribution in [0.15, 0.2) is 0 Å². The van der Waals surface area contributed by atoms with Gasteiger partial charge in [-0.15, -0.1) is 0 Å². The lowest BCUT2D eigenvalue weighted by Gasteiger charge is -2.30. The Bertz CT molecular complexity index is 456. The van der Waals surface area contributed by atoms with E-state index in [1.54, 1.807) is 0 Å². The fourth-order valence-corrected chi connectivity index (χ4v) is 4.29. The molecular weight excluding hydrogens is 306 g/mol. The van der Waals surface area contributed by atoms with Crippen LogP contribution in [0.4, 0.5) is 4.79 Å². The molecule has 6 heteroatoms. The Morgan fingerprint density at radius 2 is 2.00 bits per heavy atom. The van der Waals surface area contributed by atoms with Crippen molar-refractivity contribution in [1.29, 1.82) is 0 Å². The molecule has 3 rings (SSSR count). The summed E-state index contributed by atoms with van der Waals surface area (Å²) < 4.78 is 5.84. The maximum absolute atomic E-state index is 12.7. The first-order valence-electron chi connectivity index (χ1n) is 9.63. The summed E-state index contributed by atoms with van der Waals surface area (Å²) in [7, 11) is 0. The van der Waals surface area contributed by atoms with Gasteiger partial charge in [0.25, 0.3) is 5.91 Å². The lowest BCUT2D eigenvalue weighted by atomic mass is 9.98. The van der Waals surface area contributed by atoms with Gasteiger partial charge in [0.2, 0.25) is 0 Å². The Labute approximate surface area is 144 Å². The van der Waals surface area contributed by atoms with Crippen molar-refractivity contribution in [3.63, 3.8) is 0 Å². The Balaban J connectivity index is 1.53. The third kappa shape index (κ3) is 3.75. The minimum atomic E-state index is -0.584. The Kier molecular flexibility index (Phi) is 5.76. The smallest absolute Gasteiger partial charge is 0.325 e. The van der Waals surface area contributed by atoms with Crippen molar-refractivity contribution in [3.8, 4) is 0 Å². The standard InChI is InChI=1S/C18H31N3O3/c1-2-10-20(14-15-7-3-6-13-24-15)11-12-21-16(22)18(19-17(21)23)8-4-5-9-18/h15H,2-14H2,1H3,(H,19,23). The van der Waals surface area contributed by atoms with E-state index in [9.17, 15) is 9.59 Å². The van der Waals surface area contributed by atoms with E-state index in [2.05, 4.69) is 17.1 Å². The van der Waals surface area contributed by atoms with Crippen LogP contribution in [0.5, 0.6) is 0 Å². The molecule has 6 nitrogen and oxygen atoms in total. The Morgan fingerprint density at radius 3 is 2.67 bits per heavy atom. The number of ether oxygens (including phenoxy) is 1. The molecule has 0 aromatic rings. The first kappa shape index (κ1) is 17.7. The maximum Gasteiger partial charge on any atom is 0.325 e. The molecule has 3 fully saturated rings. The summed E-state index contributed by atoms with van der Waals surface area (Å²) in [5.41, 5.74) is -0.584. The normalized spacial score (nSPS) is 26.6. The van der Waals surface area contributed by atoms with Crippen molar-refractivity contribution >= 4 is 11.9 Å². The molecule has 0 bridgehead atoms. The molecule has 1 aliphatic carbocycles. The van der Waals surface area contributed by atoms with Crippen molar-refractivity contribution in [2.24, 2.45) is 0 Å². The predicted molar refractivity (Wildman–Crippen MR) is 91.8 cm³/mol. The molecular formula is C18H31N3O3. The summed E-state index contributed by atoms with van der Waals surface area (Å²) in [6.07, 6.45) is 8.53. The number of carbonyl (C=O) groups is 2. The van der Waals surface area contributed by atoms with Gasteiger partial charge < -0.3 is 10.1 Å². The molecule has 0 aromatic carbocycles. The highest BCUT2D eigenvalue weighted by Gasteiger charge is 2.52. The molecule has 136 valence electrons. The number of hydrogen-bond acceptors (Lipinski definition) is 4. The Morgan fingerprint density at radius 1 is 1.21 bits per heavy atom. The quantitative estimate of drug-likeness (QED) is 0.723. The van der Waals surface area contributed by atoms with Crippen molar-refractivity contribution in [2.75, 3.05) is 32.8 Å². The van der Waals surface area contributed by atoms with Gasteiger partial charge in [-0.25, -0.2) is 4.79 Å². The van der Waals surface area contributed by atoms with Gasteiger partial charge in [-0.3, -0.25) is 14.6 Å². The van der Waals surface area contributed by atoms with E-state index in [-0.39, 0.29) is 11.9 Å². The van der Waals surface area contributed by atoms with Crippen molar-refractivity contribution in [2.45, 2.75) is 69.9 Å². The third-order valence-corrected chi connectivity index (χ3v) is 5.62. The molecule has 1 saturated carbocycles. The van der Waals surface area contributed by atoms with E-state index >= 15 is 0 Å². The molecule has 2 heterocycles. The lowest BCUT2D eigenvalue weighted by molar-refractivity contribution is -0.131. The molecule has 3 aliphatic rings. The van der Waals surface area contributed by atoms with Gasteiger partial charge in [0.15, 0.2) is 0 Å². The van der Waals surface area contributed by atoms with E-state index in [0.717, 1.165) is 71.2 Å². The van der Waals surface area contributed by atoms with Crippen molar-refractivity contribution in [1.82, 2.24) is 15.1 Å². The summed E-state index contributed by atoms with van der Waals surface area (Å²) in [6.45, 7) is 6.13. The molecule has 1 N–H and O–H groups in total. The highest BCUT2D eigenvalue weighted by molar-refractivity contribution is 6.07. The maximum atomic E-state index is 12.7. The minimum Gasteiger partial charge on any atom is -0.377 e. The topological polar surface area (TPSA) is 61.9 Å². The molecule has 0 radical (unpaired) electrons. The minimum absolute atomic E-state index is 0.00429. The van der Waals surface area contributed by atoms with Crippen LogP contribution in [0, 0.1) is 0 Å². The zero-order valence-electron chi connectivity index (χ0n) is 14.9. The van der Waals surface area contributed by atoms with Gasteiger partial charge >= 0.3 is 6.03 Å². The third-order valence-electron chi connectivity index (χ3n) is 5.62. The highest BCUT2D eigenvalue weighted by Crippen LogP contribution is 2.34. The van der Waals surface area contributed by atoms with E-state index in [1.165, 1.54) is 11.3 Å². The fraction of sp³-hybridized carbons (Fsp3) is 0.889. The molecule has 3 amide bonds. The zero-order chi connectivity index (χ0) is 17.0. The van der Waals surface area contributed by atoms with Crippen molar-refractivity contribution < 1.29 is 14.3 Å². The number of urea groups is 1. The van der Waals surface area contributed by atoms with Gasteiger partial charge in [0, 0.05) is 26.2 Å². The van der Waals surface area contributed by atoms with Crippen LogP contribution in [0.25, 0.3) is 0 Å². The number of nitrogens with zero attached hydrogens (tertiary/aromatic N) is 2. The summed E-state index contributed by atoms with van der Waals surface area (Å²) >= 11 is 0. The average Bonchev–Trinajstić information content (AvgIpc) is 3.13. The van der Waals surface area contributed by atoms with E-state index in [1.807, 2.05) is 0 Å². The second-order valence-corrected chi connectivity index (χ2v) is 7.47. The van der Waals surface area contributed by atoms with Crippen LogP contribution in [0.1, 0.15) is 58.3 Å². The van der Waals surface area contributed by atoms with Crippen molar-refractivity contribution in [3.05, 3.63) is 0 Å². The van der Waals surface area contributed by atoms with Gasteiger partial charge in [-0.2, -0.15) is 0 Å². The highest BCUT2D eigenvalue weighted by atomic mass is 16.5. The number of carbonyl (C=O) groups excluding carboxylic acids is 2. The number of rotatable bonds is 7. The van der Waals surface area contributed by atoms with Crippen LogP contribution < -0.4 is 5.32 Å². The molecule has 1 atom stereocenters. The lowest BCUT2D eigenvalue weighted by Crippen LogP contribution is -2.45. The molecule has 1 unspecified atom stereocenters. The number of amides is 3. The summed E-state index contributed by atoms with van der Waals surface area (Å²) in [6, 6.07) is -0.202. The number of hydrogen-bond donors (Lipinski definition) is 1. The monoisotopic (exact) mass is 337 g/mol. The summed E-state index contributed by atoms with van der Waals surface area (Å²) in [4.78, 5) is 28.7. The van der Waals surface area contributed by atoms with Crippen LogP contribution in [0.3, 0.4) is 0 Å². The average molecular weight is 337 g/mol. The van der Waals surface area contributed by atoms with Crippen LogP contribution >= 0.6 is 0 Å². The second kappa shape index (κ2) is 7.83. The van der Waals surface area contributed by atoms with Gasteiger partial charge in [-0.1, -0.05) is 19.8 Å². The SMILES string of the molecule is CCCN(CCN1C(=O)NC2(CCCC2)C1=O)CC1CCCCO1. The van der Waals surface area contributed by atoms with E-state index in [4.69, 9.17) is 4.74 Å². The fourth-order valence-electron chi connectivity index (χ4n) is 4.29. The van der Waals surface area contributed by atoms with Gasteiger partial charge in [0.05, 0.1) is 6.10 Å². The number of imide groups is 1. The van der Waals surface area contributed by atoms with E-state index < -0.39 is 5.54 Å². The molecule has 1 spiro atoms. The molecule has 2 saturated heterocycles. The predicted octanol–water partition coefficient (Wildman–Crippen LogP) is 2.13. The number of nitrogens with one attached hydrogen (secondary N) is 1. The van der Waals surface area contributed by atoms with Crippen LogP contribution in [-0.2, 0) is 9.53 Å². The van der Waals surface area contributed by atoms with Crippen LogP contribution in [0.2, 0.25) is 0 Å². The molecule has 0 aromatic heterocycles. The van der Waals surface area contributed by atoms with Gasteiger partial charge in [0.1, 0.15) is 5.54 Å². The first-order chi connectivity index (χ1) is 11.6. The largest absolute Gasteiger partial charge is 0.377 e. The first-order valence-corrected chi connectivity index (χ1v) is 9.63. The summed E-state index contributed by atoms with van der Waals surface area (Å²) in [5, 5.41) is 2.96. The van der Waals surface area contributed by atoms with Crippen LogP contribution in [-0.4, -0.2) is 66.2 Å². The van der Waals surface area contributed by atoms with Gasteiger partial charge in [-0.05, 0) is 45.1 Å². The zero-order valence-corrected chi connectivity index (χ0v) is 14.9. The molecule has 24 heavy (non-hydrogen) atoms. The summed E-state index contributed by atoms with van der Waals surface area (Å²) in [5.74, 6) is -0.00429. The Hall–Kier alpha value is -1.14. The molecule has 2 aliphatic heterocycles. The second-order valence-electron chi connectivity index (χ2n) is 7.47.